The minimum Gasteiger partial charge on any atom is -0.496 e. The number of hydrogen-bond acceptors (Lipinski definition) is 4. The normalized spacial score (nSPS) is 11.2. The number of alkyl halides is 3. The molecule has 1 aromatic carbocycles. The van der Waals surface area contributed by atoms with E-state index in [1.165, 1.54) is 25.3 Å². The first-order chi connectivity index (χ1) is 9.28. The highest BCUT2D eigenvalue weighted by atomic mass is 19.4. The van der Waals surface area contributed by atoms with Crippen LogP contribution in [0.2, 0.25) is 0 Å². The number of anilines is 1. The number of nitrogen functional groups attached to an aromatic ring is 1. The zero-order valence-corrected chi connectivity index (χ0v) is 10.8. The Hall–Kier alpha value is -1.96. The number of nitrogens with zero attached hydrogens (tertiary/aromatic N) is 1. The minimum atomic E-state index is -4.56. The largest absolute Gasteiger partial charge is 0.496 e. The number of carbonyl (C=O) groups excluding carboxylic acids is 1. The fraction of sp³-hybridized carbons (Fsp3) is 0.417. The van der Waals surface area contributed by atoms with Gasteiger partial charge >= 0.3 is 6.18 Å². The Morgan fingerprint density at radius 2 is 2.10 bits per heavy atom. The maximum atomic E-state index is 12.4. The summed E-state index contributed by atoms with van der Waals surface area (Å²) in [6, 6.07) is 4.10. The van der Waals surface area contributed by atoms with Crippen molar-refractivity contribution >= 4 is 11.6 Å². The number of rotatable bonds is 5. The zero-order valence-electron chi connectivity index (χ0n) is 10.8. The number of carbonyl (C=O) groups is 1. The van der Waals surface area contributed by atoms with Gasteiger partial charge in [0.2, 0.25) is 0 Å². The molecule has 0 atom stereocenters. The molecule has 0 spiro atoms. The molecule has 0 fully saturated rings. The molecule has 0 saturated heterocycles. The summed E-state index contributed by atoms with van der Waals surface area (Å²) in [5.41, 5.74) is 5.67. The monoisotopic (exact) mass is 292 g/mol. The summed E-state index contributed by atoms with van der Waals surface area (Å²) in [4.78, 5) is 12.6. The second kappa shape index (κ2) is 6.47. The Labute approximate surface area is 113 Å². The molecule has 1 aromatic rings. The zero-order chi connectivity index (χ0) is 15.3. The van der Waals surface area contributed by atoms with E-state index in [1.807, 2.05) is 0 Å². The number of hydrogen-bond donors (Lipinski definition) is 2. The van der Waals surface area contributed by atoms with Gasteiger partial charge in [-0.15, -0.1) is 0 Å². The summed E-state index contributed by atoms with van der Waals surface area (Å²) < 4.78 is 42.2. The molecule has 5 nitrogen and oxygen atoms in total. The average Bonchev–Trinajstić information content (AvgIpc) is 2.36. The third-order valence-corrected chi connectivity index (χ3v) is 2.48. The molecule has 0 aliphatic carbocycles. The summed E-state index contributed by atoms with van der Waals surface area (Å²) in [5, 5.41) is 8.79. The Bertz CT molecular complexity index is 478. The second-order valence-corrected chi connectivity index (χ2v) is 4.03. The van der Waals surface area contributed by atoms with Crippen LogP contribution in [0.3, 0.4) is 0 Å². The highest BCUT2D eigenvalue weighted by Gasteiger charge is 2.33. The lowest BCUT2D eigenvalue weighted by Gasteiger charge is -2.24. The highest BCUT2D eigenvalue weighted by molar-refractivity contribution is 5.97. The lowest BCUT2D eigenvalue weighted by molar-refractivity contribution is -0.141. The van der Waals surface area contributed by atoms with E-state index >= 15 is 0 Å². The first-order valence-corrected chi connectivity index (χ1v) is 5.69. The number of aliphatic hydroxyl groups excluding tert-OH is 1. The maximum absolute atomic E-state index is 12.4. The van der Waals surface area contributed by atoms with Crippen LogP contribution in [-0.2, 0) is 0 Å². The van der Waals surface area contributed by atoms with E-state index in [1.54, 1.807) is 0 Å². The lowest BCUT2D eigenvalue weighted by Crippen LogP contribution is -2.40. The van der Waals surface area contributed by atoms with Gasteiger partial charge in [0, 0.05) is 12.2 Å². The maximum Gasteiger partial charge on any atom is 0.406 e. The number of benzene rings is 1. The smallest absolute Gasteiger partial charge is 0.406 e. The van der Waals surface area contributed by atoms with Gasteiger partial charge in [-0.25, -0.2) is 0 Å². The second-order valence-electron chi connectivity index (χ2n) is 4.03. The van der Waals surface area contributed by atoms with Crippen LogP contribution < -0.4 is 10.5 Å². The third kappa shape index (κ3) is 4.30. The van der Waals surface area contributed by atoms with Crippen LogP contribution in [0.15, 0.2) is 18.2 Å². The molecule has 3 N–H and O–H groups in total. The van der Waals surface area contributed by atoms with Gasteiger partial charge < -0.3 is 20.5 Å². The Morgan fingerprint density at radius 1 is 1.45 bits per heavy atom. The fourth-order valence-electron chi connectivity index (χ4n) is 1.65. The van der Waals surface area contributed by atoms with Crippen LogP contribution in [0.5, 0.6) is 5.75 Å². The van der Waals surface area contributed by atoms with E-state index in [0.29, 0.717) is 4.90 Å². The van der Waals surface area contributed by atoms with Crippen molar-refractivity contribution in [2.75, 3.05) is 32.5 Å². The summed E-state index contributed by atoms with van der Waals surface area (Å²) in [6.45, 7) is -2.47. The number of nitrogens with two attached hydrogens (primary N) is 1. The standard InChI is InChI=1S/C12H15F3N2O3/c1-20-10-3-2-8(16)6-9(10)11(19)17(4-5-18)7-12(13,14)15/h2-3,6,18H,4-5,7,16H2,1H3. The molecule has 0 saturated carbocycles. The highest BCUT2D eigenvalue weighted by Crippen LogP contribution is 2.24. The van der Waals surface area contributed by atoms with Crippen molar-refractivity contribution in [3.8, 4) is 5.75 Å². The van der Waals surface area contributed by atoms with Crippen molar-refractivity contribution in [2.45, 2.75) is 6.18 Å². The predicted octanol–water partition coefficient (Wildman–Crippen LogP) is 1.27. The molecule has 0 aliphatic rings. The molecule has 20 heavy (non-hydrogen) atoms. The van der Waals surface area contributed by atoms with Gasteiger partial charge in [0.25, 0.3) is 5.91 Å². The first kappa shape index (κ1) is 16.1. The third-order valence-electron chi connectivity index (χ3n) is 2.48. The van der Waals surface area contributed by atoms with Crippen LogP contribution in [-0.4, -0.2) is 48.9 Å². The number of ether oxygens (including phenoxy) is 1. The molecule has 1 amide bonds. The molecule has 0 aliphatic heterocycles. The predicted molar refractivity (Wildman–Crippen MR) is 66.5 cm³/mol. The molecule has 0 aromatic heterocycles. The molecule has 8 heteroatoms. The van der Waals surface area contributed by atoms with E-state index in [0.717, 1.165) is 0 Å². The topological polar surface area (TPSA) is 75.8 Å². The molecule has 0 radical (unpaired) electrons. The van der Waals surface area contributed by atoms with E-state index < -0.39 is 31.8 Å². The summed E-state index contributed by atoms with van der Waals surface area (Å²) in [5.74, 6) is -0.783. The molecular weight excluding hydrogens is 277 g/mol. The number of halogens is 3. The van der Waals surface area contributed by atoms with Crippen LogP contribution in [0, 0.1) is 0 Å². The van der Waals surface area contributed by atoms with Gasteiger partial charge in [0.1, 0.15) is 12.3 Å². The Morgan fingerprint density at radius 3 is 2.60 bits per heavy atom. The summed E-state index contributed by atoms with van der Waals surface area (Å²) >= 11 is 0. The van der Waals surface area contributed by atoms with Gasteiger partial charge in [-0.3, -0.25) is 4.79 Å². The van der Waals surface area contributed by atoms with Crippen LogP contribution in [0.1, 0.15) is 10.4 Å². The van der Waals surface area contributed by atoms with E-state index in [-0.39, 0.29) is 17.0 Å². The van der Waals surface area contributed by atoms with Crippen molar-refractivity contribution in [1.82, 2.24) is 4.90 Å². The van der Waals surface area contributed by atoms with Crippen molar-refractivity contribution < 1.29 is 27.8 Å². The van der Waals surface area contributed by atoms with Crippen molar-refractivity contribution in [3.63, 3.8) is 0 Å². The molecule has 112 valence electrons. The number of amides is 1. The fourth-order valence-corrected chi connectivity index (χ4v) is 1.65. The van der Waals surface area contributed by atoms with E-state index in [4.69, 9.17) is 15.6 Å². The summed E-state index contributed by atoms with van der Waals surface area (Å²) in [7, 11) is 1.29. The molecule has 0 heterocycles. The van der Waals surface area contributed by atoms with Gasteiger partial charge in [-0.2, -0.15) is 13.2 Å². The average molecular weight is 292 g/mol. The minimum absolute atomic E-state index is 0.0785. The van der Waals surface area contributed by atoms with Gasteiger partial charge in [-0.05, 0) is 18.2 Å². The number of methoxy groups -OCH3 is 1. The van der Waals surface area contributed by atoms with Crippen molar-refractivity contribution in [1.29, 1.82) is 0 Å². The Balaban J connectivity index is 3.08. The van der Waals surface area contributed by atoms with Crippen molar-refractivity contribution in [2.24, 2.45) is 0 Å². The first-order valence-electron chi connectivity index (χ1n) is 5.69. The van der Waals surface area contributed by atoms with Crippen molar-refractivity contribution in [3.05, 3.63) is 23.8 Å². The molecule has 0 bridgehead atoms. The molecule has 0 unspecified atom stereocenters. The quantitative estimate of drug-likeness (QED) is 0.801. The molecular formula is C12H15F3N2O3. The molecule has 1 rings (SSSR count). The van der Waals surface area contributed by atoms with Gasteiger partial charge in [0.15, 0.2) is 0 Å². The Kier molecular flexibility index (Phi) is 5.20. The van der Waals surface area contributed by atoms with Crippen LogP contribution in [0.25, 0.3) is 0 Å². The summed E-state index contributed by atoms with van der Waals surface area (Å²) in [6.07, 6.45) is -4.56. The van der Waals surface area contributed by atoms with E-state index in [9.17, 15) is 18.0 Å². The van der Waals surface area contributed by atoms with E-state index in [2.05, 4.69) is 0 Å². The number of aliphatic hydroxyl groups is 1. The van der Waals surface area contributed by atoms with Crippen LogP contribution in [0.4, 0.5) is 18.9 Å². The lowest BCUT2D eigenvalue weighted by atomic mass is 10.1. The van der Waals surface area contributed by atoms with Gasteiger partial charge in [-0.1, -0.05) is 0 Å². The SMILES string of the molecule is COc1ccc(N)cc1C(=O)N(CCO)CC(F)(F)F. The van der Waals surface area contributed by atoms with Gasteiger partial charge in [0.05, 0.1) is 19.3 Å². The van der Waals surface area contributed by atoms with Crippen LogP contribution >= 0.6 is 0 Å².